The predicted octanol–water partition coefficient (Wildman–Crippen LogP) is 18.8. The van der Waals surface area contributed by atoms with Crippen molar-refractivity contribution in [3.63, 3.8) is 0 Å². The molecule has 6 nitrogen and oxygen atoms in total. The van der Waals surface area contributed by atoms with Crippen LogP contribution in [0.25, 0.3) is 0 Å². The molecule has 0 aliphatic carbocycles. The first-order chi connectivity index (χ1) is 33.5. The minimum Gasteiger partial charge on any atom is -0.466 e. The van der Waals surface area contributed by atoms with Gasteiger partial charge in [-0.05, 0) is 83.5 Å². The Morgan fingerprint density at radius 2 is 0.691 bits per heavy atom. The van der Waals surface area contributed by atoms with Gasteiger partial charge in [-0.3, -0.25) is 9.59 Å². The number of esters is 1. The van der Waals surface area contributed by atoms with E-state index in [4.69, 9.17) is 4.74 Å². The number of carbonyl (C=O) groups excluding carboxylic acids is 2. The van der Waals surface area contributed by atoms with E-state index >= 15 is 0 Å². The second-order valence-electron chi connectivity index (χ2n) is 20.7. The number of hydrogen-bond acceptors (Lipinski definition) is 5. The van der Waals surface area contributed by atoms with E-state index in [9.17, 15) is 19.8 Å². The minimum atomic E-state index is -0.851. The SMILES string of the molecule is CCCCCCCC/C=C\CCCCCCCC(=O)OCCCCCCCCCC/C=C\CCCCCCCCCC(=O)NC(CO)C(O)/C=C/CCCCCCCCCCCCCCCCC. The van der Waals surface area contributed by atoms with E-state index in [0.717, 1.165) is 51.4 Å². The summed E-state index contributed by atoms with van der Waals surface area (Å²) < 4.78 is 5.47. The van der Waals surface area contributed by atoms with Gasteiger partial charge in [0.05, 0.1) is 25.4 Å². The van der Waals surface area contributed by atoms with E-state index in [2.05, 4.69) is 43.5 Å². The maximum absolute atomic E-state index is 12.5. The van der Waals surface area contributed by atoms with Crippen LogP contribution >= 0.6 is 0 Å². The van der Waals surface area contributed by atoms with Crippen LogP contribution in [0.1, 0.15) is 322 Å². The summed E-state index contributed by atoms with van der Waals surface area (Å²) in [6.45, 7) is 4.89. The zero-order chi connectivity index (χ0) is 49.3. The molecule has 0 fully saturated rings. The third kappa shape index (κ3) is 53.4. The molecular weight excluding hydrogens is 839 g/mol. The van der Waals surface area contributed by atoms with E-state index in [1.54, 1.807) is 6.08 Å². The first-order valence-corrected chi connectivity index (χ1v) is 30.3. The average Bonchev–Trinajstić information content (AvgIpc) is 3.34. The van der Waals surface area contributed by atoms with Gasteiger partial charge in [0.1, 0.15) is 0 Å². The highest BCUT2D eigenvalue weighted by Gasteiger charge is 2.18. The Morgan fingerprint density at radius 1 is 0.397 bits per heavy atom. The molecule has 0 bridgehead atoms. The second kappa shape index (κ2) is 57.7. The number of aliphatic hydroxyl groups excluding tert-OH is 2. The van der Waals surface area contributed by atoms with Crippen molar-refractivity contribution in [1.29, 1.82) is 0 Å². The van der Waals surface area contributed by atoms with Gasteiger partial charge < -0.3 is 20.3 Å². The molecule has 0 aromatic heterocycles. The molecule has 0 rings (SSSR count). The number of nitrogens with one attached hydrogen (secondary N) is 1. The van der Waals surface area contributed by atoms with Crippen LogP contribution in [0.15, 0.2) is 36.5 Å². The Kier molecular flexibility index (Phi) is 56.0. The lowest BCUT2D eigenvalue weighted by atomic mass is 10.0. The molecule has 400 valence electrons. The van der Waals surface area contributed by atoms with Gasteiger partial charge in [-0.15, -0.1) is 0 Å². The van der Waals surface area contributed by atoms with E-state index in [0.29, 0.717) is 19.4 Å². The Hall–Kier alpha value is -1.92. The number of amides is 1. The van der Waals surface area contributed by atoms with Crippen LogP contribution in [0, 0.1) is 0 Å². The number of unbranched alkanes of at least 4 members (excludes halogenated alkanes) is 41. The van der Waals surface area contributed by atoms with Gasteiger partial charge in [0.2, 0.25) is 5.91 Å². The minimum absolute atomic E-state index is 0.00475. The van der Waals surface area contributed by atoms with E-state index in [1.165, 1.54) is 244 Å². The molecule has 0 aromatic carbocycles. The van der Waals surface area contributed by atoms with Crippen molar-refractivity contribution in [2.45, 2.75) is 334 Å². The fourth-order valence-electron chi connectivity index (χ4n) is 9.21. The molecule has 1 amide bonds. The molecule has 68 heavy (non-hydrogen) atoms. The molecule has 6 heteroatoms. The summed E-state index contributed by atoms with van der Waals surface area (Å²) in [6, 6.07) is -0.636. The van der Waals surface area contributed by atoms with E-state index in [1.807, 2.05) is 6.08 Å². The quantitative estimate of drug-likeness (QED) is 0.0321. The predicted molar refractivity (Wildman–Crippen MR) is 296 cm³/mol. The number of rotatable bonds is 56. The lowest BCUT2D eigenvalue weighted by Crippen LogP contribution is -2.45. The highest BCUT2D eigenvalue weighted by Crippen LogP contribution is 2.16. The zero-order valence-electron chi connectivity index (χ0n) is 45.6. The second-order valence-corrected chi connectivity index (χ2v) is 20.7. The van der Waals surface area contributed by atoms with Crippen LogP contribution in [-0.4, -0.2) is 47.4 Å². The fourth-order valence-corrected chi connectivity index (χ4v) is 9.21. The molecule has 3 N–H and O–H groups in total. The third-order valence-electron chi connectivity index (χ3n) is 13.9. The number of hydrogen-bond donors (Lipinski definition) is 3. The average molecular weight is 957 g/mol. The van der Waals surface area contributed by atoms with Crippen molar-refractivity contribution in [3.8, 4) is 0 Å². The third-order valence-corrected chi connectivity index (χ3v) is 13.9. The molecule has 0 heterocycles. The first-order valence-electron chi connectivity index (χ1n) is 30.3. The van der Waals surface area contributed by atoms with Gasteiger partial charge in [0.25, 0.3) is 0 Å². The smallest absolute Gasteiger partial charge is 0.305 e. The van der Waals surface area contributed by atoms with Crippen LogP contribution < -0.4 is 5.32 Å². The molecule has 0 spiro atoms. The number of allylic oxidation sites excluding steroid dienone is 5. The summed E-state index contributed by atoms with van der Waals surface area (Å²) in [5.74, 6) is -0.0811. The lowest BCUT2D eigenvalue weighted by molar-refractivity contribution is -0.143. The summed E-state index contributed by atoms with van der Waals surface area (Å²) in [4.78, 5) is 24.5. The zero-order valence-corrected chi connectivity index (χ0v) is 45.6. The molecule has 0 saturated carbocycles. The Morgan fingerprint density at radius 3 is 1.04 bits per heavy atom. The van der Waals surface area contributed by atoms with Crippen LogP contribution in [-0.2, 0) is 14.3 Å². The maximum atomic E-state index is 12.5. The highest BCUT2D eigenvalue weighted by atomic mass is 16.5. The number of ether oxygens (including phenoxy) is 1. The monoisotopic (exact) mass is 956 g/mol. The van der Waals surface area contributed by atoms with Gasteiger partial charge in [0.15, 0.2) is 0 Å². The first kappa shape index (κ1) is 66.1. The van der Waals surface area contributed by atoms with E-state index < -0.39 is 12.1 Å². The molecule has 2 atom stereocenters. The standard InChI is InChI=1S/C62H117NO5/c1-3-5-7-9-11-13-15-17-19-23-27-30-34-38-42-46-50-54-60(65)59(58-64)63-61(66)55-51-47-43-39-35-31-28-24-21-20-22-25-29-33-37-41-45-49-53-57-68-62(67)56-52-48-44-40-36-32-26-18-16-14-12-10-8-6-4-2/h18,20-21,26,50,54,59-60,64-65H,3-17,19,22-25,27-49,51-53,55-58H2,1-2H3,(H,63,66)/b21-20-,26-18-,54-50+. The topological polar surface area (TPSA) is 95.9 Å². The molecule has 0 radical (unpaired) electrons. The van der Waals surface area contributed by atoms with Crippen molar-refractivity contribution in [2.24, 2.45) is 0 Å². The van der Waals surface area contributed by atoms with Gasteiger partial charge in [0, 0.05) is 12.8 Å². The Labute approximate surface area is 424 Å². The molecule has 0 aromatic rings. The van der Waals surface area contributed by atoms with E-state index in [-0.39, 0.29) is 18.5 Å². The number of aliphatic hydroxyl groups is 2. The lowest BCUT2D eigenvalue weighted by Gasteiger charge is -2.20. The van der Waals surface area contributed by atoms with Crippen molar-refractivity contribution >= 4 is 11.9 Å². The number of carbonyl (C=O) groups is 2. The highest BCUT2D eigenvalue weighted by molar-refractivity contribution is 5.76. The van der Waals surface area contributed by atoms with Crippen molar-refractivity contribution in [2.75, 3.05) is 13.2 Å². The van der Waals surface area contributed by atoms with Gasteiger partial charge in [-0.1, -0.05) is 262 Å². The summed E-state index contributed by atoms with van der Waals surface area (Å²) in [7, 11) is 0. The molecule has 0 aliphatic heterocycles. The summed E-state index contributed by atoms with van der Waals surface area (Å²) in [5.41, 5.74) is 0. The summed E-state index contributed by atoms with van der Waals surface area (Å²) in [5, 5.41) is 23.1. The largest absolute Gasteiger partial charge is 0.466 e. The van der Waals surface area contributed by atoms with Crippen molar-refractivity contribution in [3.05, 3.63) is 36.5 Å². The van der Waals surface area contributed by atoms with Crippen LogP contribution in [0.5, 0.6) is 0 Å². The van der Waals surface area contributed by atoms with Gasteiger partial charge >= 0.3 is 5.97 Å². The van der Waals surface area contributed by atoms with Crippen molar-refractivity contribution in [1.82, 2.24) is 5.32 Å². The van der Waals surface area contributed by atoms with Crippen molar-refractivity contribution < 1.29 is 24.5 Å². The molecule has 0 aliphatic rings. The fraction of sp³-hybridized carbons (Fsp3) is 0.871. The summed E-state index contributed by atoms with van der Waals surface area (Å²) >= 11 is 0. The van der Waals surface area contributed by atoms with Crippen LogP contribution in [0.3, 0.4) is 0 Å². The van der Waals surface area contributed by atoms with Gasteiger partial charge in [-0.2, -0.15) is 0 Å². The maximum Gasteiger partial charge on any atom is 0.305 e. The Balaban J connectivity index is 3.47. The van der Waals surface area contributed by atoms with Gasteiger partial charge in [-0.25, -0.2) is 0 Å². The van der Waals surface area contributed by atoms with Crippen LogP contribution in [0.2, 0.25) is 0 Å². The summed E-state index contributed by atoms with van der Waals surface area (Å²) in [6.07, 6.45) is 71.7. The molecule has 2 unspecified atom stereocenters. The normalized spacial score (nSPS) is 12.8. The molecular formula is C62H117NO5. The van der Waals surface area contributed by atoms with Crippen LogP contribution in [0.4, 0.5) is 0 Å². The Bertz CT molecular complexity index is 1100. The molecule has 0 saturated heterocycles.